The van der Waals surface area contributed by atoms with Gasteiger partial charge in [0.25, 0.3) is 15.6 Å². The second-order valence-corrected chi connectivity index (χ2v) is 6.98. The first-order valence-electron chi connectivity index (χ1n) is 7.20. The van der Waals surface area contributed by atoms with E-state index in [2.05, 4.69) is 14.9 Å². The molecule has 0 unspecified atom stereocenters. The fourth-order valence-corrected chi connectivity index (χ4v) is 3.20. The van der Waals surface area contributed by atoms with Crippen LogP contribution in [0.25, 0.3) is 11.3 Å². The average Bonchev–Trinajstić information content (AvgIpc) is 2.56. The van der Waals surface area contributed by atoms with Crippen molar-refractivity contribution in [3.8, 4) is 11.3 Å². The van der Waals surface area contributed by atoms with E-state index in [0.29, 0.717) is 11.4 Å². The van der Waals surface area contributed by atoms with Crippen LogP contribution in [-0.2, 0) is 10.0 Å². The van der Waals surface area contributed by atoms with E-state index >= 15 is 0 Å². The van der Waals surface area contributed by atoms with Crippen molar-refractivity contribution in [1.82, 2.24) is 10.2 Å². The highest BCUT2D eigenvalue weighted by molar-refractivity contribution is 7.92. The molecule has 3 aromatic rings. The lowest BCUT2D eigenvalue weighted by Crippen LogP contribution is -2.12. The summed E-state index contributed by atoms with van der Waals surface area (Å²) >= 11 is 0. The summed E-state index contributed by atoms with van der Waals surface area (Å²) in [5.74, 6) is 0. The van der Waals surface area contributed by atoms with Crippen LogP contribution in [0.1, 0.15) is 5.56 Å². The predicted molar refractivity (Wildman–Crippen MR) is 92.3 cm³/mol. The van der Waals surface area contributed by atoms with Crippen LogP contribution in [0, 0.1) is 6.92 Å². The van der Waals surface area contributed by atoms with Gasteiger partial charge in [-0.25, -0.2) is 13.5 Å². The van der Waals surface area contributed by atoms with Gasteiger partial charge in [0.15, 0.2) is 0 Å². The van der Waals surface area contributed by atoms with Gasteiger partial charge in [-0.1, -0.05) is 29.8 Å². The summed E-state index contributed by atoms with van der Waals surface area (Å²) in [6, 6.07) is 16.4. The summed E-state index contributed by atoms with van der Waals surface area (Å²) < 4.78 is 27.2. The van der Waals surface area contributed by atoms with Crippen molar-refractivity contribution in [2.45, 2.75) is 11.8 Å². The van der Waals surface area contributed by atoms with Crippen LogP contribution >= 0.6 is 0 Å². The number of benzene rings is 2. The lowest BCUT2D eigenvalue weighted by atomic mass is 10.1. The van der Waals surface area contributed by atoms with Gasteiger partial charge in [-0.05, 0) is 37.3 Å². The highest BCUT2D eigenvalue weighted by atomic mass is 32.2. The van der Waals surface area contributed by atoms with Crippen molar-refractivity contribution < 1.29 is 8.42 Å². The molecular weight excluding hydrogens is 326 g/mol. The summed E-state index contributed by atoms with van der Waals surface area (Å²) in [7, 11) is -3.63. The smallest absolute Gasteiger partial charge is 0.264 e. The van der Waals surface area contributed by atoms with Crippen molar-refractivity contribution in [3.63, 3.8) is 0 Å². The summed E-state index contributed by atoms with van der Waals surface area (Å²) in [5.41, 5.74) is 2.53. The van der Waals surface area contributed by atoms with Crippen LogP contribution in [0.4, 0.5) is 5.69 Å². The molecule has 0 aliphatic rings. The highest BCUT2D eigenvalue weighted by Gasteiger charge is 2.13. The average molecular weight is 341 g/mol. The molecule has 0 spiro atoms. The summed E-state index contributed by atoms with van der Waals surface area (Å²) in [6.45, 7) is 1.90. The van der Waals surface area contributed by atoms with E-state index < -0.39 is 10.0 Å². The van der Waals surface area contributed by atoms with Gasteiger partial charge in [0.05, 0.1) is 10.6 Å². The number of anilines is 1. The maximum absolute atomic E-state index is 12.3. The van der Waals surface area contributed by atoms with E-state index in [0.717, 1.165) is 11.1 Å². The van der Waals surface area contributed by atoms with E-state index in [1.54, 1.807) is 54.6 Å². The third kappa shape index (κ3) is 3.52. The lowest BCUT2D eigenvalue weighted by molar-refractivity contribution is 0.601. The van der Waals surface area contributed by atoms with E-state index in [-0.39, 0.29) is 10.5 Å². The second kappa shape index (κ2) is 6.29. The molecule has 0 aliphatic heterocycles. The van der Waals surface area contributed by atoms with Gasteiger partial charge in [0, 0.05) is 17.3 Å². The Balaban J connectivity index is 1.82. The monoisotopic (exact) mass is 341 g/mol. The molecule has 0 aliphatic carbocycles. The fourth-order valence-electron chi connectivity index (χ4n) is 2.15. The number of hydrogen-bond donors (Lipinski definition) is 2. The zero-order valence-electron chi connectivity index (χ0n) is 12.9. The Hall–Kier alpha value is -2.93. The standard InChI is InChI=1S/C17H15N3O3S/c1-12-2-8-15(9-3-12)24(22,23)20-14-6-4-13(5-7-14)16-10-11-17(21)19-18-16/h2-11,20H,1H3,(H,19,21). The molecule has 3 rings (SSSR count). The summed E-state index contributed by atoms with van der Waals surface area (Å²) in [5, 5.41) is 6.29. The lowest BCUT2D eigenvalue weighted by Gasteiger charge is -2.09. The van der Waals surface area contributed by atoms with Crippen molar-refractivity contribution >= 4 is 15.7 Å². The third-order valence-corrected chi connectivity index (χ3v) is 4.84. The van der Waals surface area contributed by atoms with Crippen molar-refractivity contribution in [2.24, 2.45) is 0 Å². The van der Waals surface area contributed by atoms with Gasteiger partial charge in [-0.2, -0.15) is 5.10 Å². The first-order chi connectivity index (χ1) is 11.4. The van der Waals surface area contributed by atoms with Gasteiger partial charge in [0.1, 0.15) is 0 Å². The first-order valence-corrected chi connectivity index (χ1v) is 8.68. The molecule has 1 aromatic heterocycles. The van der Waals surface area contributed by atoms with E-state index in [9.17, 15) is 13.2 Å². The van der Waals surface area contributed by atoms with Gasteiger partial charge < -0.3 is 0 Å². The number of hydrogen-bond acceptors (Lipinski definition) is 4. The molecule has 0 fully saturated rings. The normalized spacial score (nSPS) is 11.2. The molecular formula is C17H15N3O3S. The summed E-state index contributed by atoms with van der Waals surface area (Å²) in [4.78, 5) is 11.2. The Bertz CT molecular complexity index is 988. The molecule has 2 N–H and O–H groups in total. The quantitative estimate of drug-likeness (QED) is 0.763. The number of aromatic nitrogens is 2. The van der Waals surface area contributed by atoms with Gasteiger partial charge in [0.2, 0.25) is 0 Å². The number of H-pyrrole nitrogens is 1. The molecule has 6 nitrogen and oxygen atoms in total. The number of aryl methyl sites for hydroxylation is 1. The molecule has 0 saturated carbocycles. The number of nitrogens with zero attached hydrogens (tertiary/aromatic N) is 1. The Morgan fingerprint density at radius 2 is 1.58 bits per heavy atom. The molecule has 0 amide bonds. The zero-order valence-corrected chi connectivity index (χ0v) is 13.7. The van der Waals surface area contributed by atoms with Crippen molar-refractivity contribution in [1.29, 1.82) is 0 Å². The molecule has 0 atom stereocenters. The largest absolute Gasteiger partial charge is 0.280 e. The SMILES string of the molecule is Cc1ccc(S(=O)(=O)Nc2ccc(-c3ccc(=O)[nH]n3)cc2)cc1. The molecule has 0 radical (unpaired) electrons. The van der Waals surface area contributed by atoms with Crippen LogP contribution in [0.2, 0.25) is 0 Å². The number of rotatable bonds is 4. The van der Waals surface area contributed by atoms with Crippen LogP contribution < -0.4 is 10.3 Å². The van der Waals surface area contributed by atoms with E-state index in [1.165, 1.54) is 6.07 Å². The highest BCUT2D eigenvalue weighted by Crippen LogP contribution is 2.21. The Labute approximate surface area is 139 Å². The minimum atomic E-state index is -3.63. The molecule has 24 heavy (non-hydrogen) atoms. The maximum Gasteiger partial charge on any atom is 0.264 e. The molecule has 7 heteroatoms. The van der Waals surface area contributed by atoms with Gasteiger partial charge >= 0.3 is 0 Å². The minimum Gasteiger partial charge on any atom is -0.280 e. The minimum absolute atomic E-state index is 0.208. The number of nitrogens with one attached hydrogen (secondary N) is 2. The maximum atomic E-state index is 12.3. The predicted octanol–water partition coefficient (Wildman–Crippen LogP) is 2.55. The second-order valence-electron chi connectivity index (χ2n) is 5.30. The van der Waals surface area contributed by atoms with E-state index in [1.807, 2.05) is 6.92 Å². The summed E-state index contributed by atoms with van der Waals surface area (Å²) in [6.07, 6.45) is 0. The number of sulfonamides is 1. The third-order valence-electron chi connectivity index (χ3n) is 3.44. The van der Waals surface area contributed by atoms with E-state index in [4.69, 9.17) is 0 Å². The molecule has 1 heterocycles. The Kier molecular flexibility index (Phi) is 4.18. The first kappa shape index (κ1) is 15.9. The van der Waals surface area contributed by atoms with Crippen molar-refractivity contribution in [2.75, 3.05) is 4.72 Å². The molecule has 2 aromatic carbocycles. The van der Waals surface area contributed by atoms with Crippen LogP contribution in [-0.4, -0.2) is 18.6 Å². The van der Waals surface area contributed by atoms with Crippen molar-refractivity contribution in [3.05, 3.63) is 76.6 Å². The molecule has 0 saturated heterocycles. The Morgan fingerprint density at radius 1 is 0.917 bits per heavy atom. The fraction of sp³-hybridized carbons (Fsp3) is 0.0588. The van der Waals surface area contributed by atoms with Gasteiger partial charge in [-0.15, -0.1) is 0 Å². The van der Waals surface area contributed by atoms with Crippen LogP contribution in [0.15, 0.2) is 70.4 Å². The van der Waals surface area contributed by atoms with Crippen LogP contribution in [0.3, 0.4) is 0 Å². The Morgan fingerprint density at radius 3 is 2.17 bits per heavy atom. The van der Waals surface area contributed by atoms with Crippen LogP contribution in [0.5, 0.6) is 0 Å². The zero-order chi connectivity index (χ0) is 17.2. The van der Waals surface area contributed by atoms with Gasteiger partial charge in [-0.3, -0.25) is 9.52 Å². The molecule has 122 valence electrons. The molecule has 0 bridgehead atoms. The number of aromatic amines is 1. The topological polar surface area (TPSA) is 91.9 Å².